The lowest BCUT2D eigenvalue weighted by Gasteiger charge is -2.42. The Morgan fingerprint density at radius 3 is 2.19 bits per heavy atom. The van der Waals surface area contributed by atoms with E-state index < -0.39 is 5.97 Å². The third-order valence-corrected chi connectivity index (χ3v) is 6.66. The highest BCUT2D eigenvalue weighted by atomic mass is 16.4. The van der Waals surface area contributed by atoms with Gasteiger partial charge in [-0.05, 0) is 88.1 Å². The van der Waals surface area contributed by atoms with Gasteiger partial charge in [0.25, 0.3) is 0 Å². The molecule has 27 heavy (non-hydrogen) atoms. The lowest BCUT2D eigenvalue weighted by molar-refractivity contribution is 0.0697. The lowest BCUT2D eigenvalue weighted by atomic mass is 9.62. The monoisotopic (exact) mass is 360 g/mol. The van der Waals surface area contributed by atoms with E-state index in [1.807, 2.05) is 12.1 Å². The number of aryl methyl sites for hydroxylation is 1. The summed E-state index contributed by atoms with van der Waals surface area (Å²) in [6.45, 7) is 11.6. The number of benzene rings is 2. The predicted octanol–water partition coefficient (Wildman–Crippen LogP) is 6.03. The Kier molecular flexibility index (Phi) is 3.89. The Labute approximate surface area is 161 Å². The molecule has 4 rings (SSSR count). The standard InChI is InChI=1S/C25H28O2/c1-15-12-21-22(25(4,5)11-10-24(21,2)3)14-20(15)19-9-6-16-13-17(23(26)27)7-8-18(16)19/h7-9,12-14H,6,10-11H2,1-5H3,(H,26,27). The average molecular weight is 360 g/mol. The first-order valence-electron chi connectivity index (χ1n) is 9.83. The molecule has 0 atom stereocenters. The van der Waals surface area contributed by atoms with Crippen LogP contribution in [0.25, 0.3) is 5.57 Å². The van der Waals surface area contributed by atoms with E-state index in [-0.39, 0.29) is 10.8 Å². The zero-order valence-electron chi connectivity index (χ0n) is 16.9. The summed E-state index contributed by atoms with van der Waals surface area (Å²) in [4.78, 5) is 11.3. The highest BCUT2D eigenvalue weighted by Gasteiger charge is 2.37. The molecule has 2 heteroatoms. The van der Waals surface area contributed by atoms with E-state index in [2.05, 4.69) is 52.8 Å². The van der Waals surface area contributed by atoms with E-state index in [1.165, 1.54) is 46.2 Å². The Morgan fingerprint density at radius 2 is 1.56 bits per heavy atom. The van der Waals surface area contributed by atoms with Crippen LogP contribution in [-0.2, 0) is 17.3 Å². The van der Waals surface area contributed by atoms with E-state index in [1.54, 1.807) is 6.07 Å². The number of carboxylic acid groups (broad SMARTS) is 1. The van der Waals surface area contributed by atoms with Gasteiger partial charge in [-0.3, -0.25) is 0 Å². The molecule has 0 spiro atoms. The number of fused-ring (bicyclic) bond motifs is 2. The molecule has 2 nitrogen and oxygen atoms in total. The molecule has 0 saturated heterocycles. The van der Waals surface area contributed by atoms with Crippen molar-refractivity contribution in [1.29, 1.82) is 0 Å². The summed E-state index contributed by atoms with van der Waals surface area (Å²) in [6.07, 6.45) is 5.48. The van der Waals surface area contributed by atoms with Gasteiger partial charge in [0.15, 0.2) is 0 Å². The third kappa shape index (κ3) is 2.82. The highest BCUT2D eigenvalue weighted by molar-refractivity contribution is 5.91. The van der Waals surface area contributed by atoms with Crippen LogP contribution in [0.5, 0.6) is 0 Å². The van der Waals surface area contributed by atoms with Gasteiger partial charge in [-0.1, -0.05) is 52.0 Å². The fourth-order valence-corrected chi connectivity index (χ4v) is 4.75. The molecule has 0 aliphatic heterocycles. The summed E-state index contributed by atoms with van der Waals surface area (Å²) < 4.78 is 0. The van der Waals surface area contributed by atoms with Gasteiger partial charge in [0.1, 0.15) is 0 Å². The molecular weight excluding hydrogens is 332 g/mol. The first kappa shape index (κ1) is 18.0. The van der Waals surface area contributed by atoms with Crippen LogP contribution < -0.4 is 0 Å². The highest BCUT2D eigenvalue weighted by Crippen LogP contribution is 2.48. The second kappa shape index (κ2) is 5.82. The molecule has 2 aliphatic carbocycles. The molecule has 2 aliphatic rings. The fraction of sp³-hybridized carbons (Fsp3) is 0.400. The van der Waals surface area contributed by atoms with Crippen molar-refractivity contribution in [3.05, 3.63) is 75.4 Å². The second-order valence-electron chi connectivity index (χ2n) is 9.48. The van der Waals surface area contributed by atoms with Crippen LogP contribution in [0, 0.1) is 6.92 Å². The number of carbonyl (C=O) groups is 1. The van der Waals surface area contributed by atoms with E-state index in [0.717, 1.165) is 12.0 Å². The minimum atomic E-state index is -0.861. The zero-order chi connectivity index (χ0) is 19.6. The molecule has 140 valence electrons. The number of aromatic carboxylic acids is 1. The minimum absolute atomic E-state index is 0.183. The van der Waals surface area contributed by atoms with Crippen molar-refractivity contribution in [2.24, 2.45) is 0 Å². The smallest absolute Gasteiger partial charge is 0.335 e. The summed E-state index contributed by atoms with van der Waals surface area (Å²) in [5.74, 6) is -0.861. The van der Waals surface area contributed by atoms with Crippen molar-refractivity contribution < 1.29 is 9.90 Å². The van der Waals surface area contributed by atoms with Crippen LogP contribution in [0.1, 0.15) is 84.3 Å². The molecule has 0 saturated carbocycles. The number of hydrogen-bond donors (Lipinski definition) is 1. The first-order chi connectivity index (χ1) is 12.6. The van der Waals surface area contributed by atoms with E-state index >= 15 is 0 Å². The first-order valence-corrected chi connectivity index (χ1v) is 9.83. The maximum atomic E-state index is 11.3. The molecule has 2 aromatic carbocycles. The van der Waals surface area contributed by atoms with Gasteiger partial charge in [0.2, 0.25) is 0 Å². The number of carboxylic acids is 1. The van der Waals surface area contributed by atoms with Crippen LogP contribution in [0.15, 0.2) is 36.4 Å². The molecule has 0 amide bonds. The van der Waals surface area contributed by atoms with E-state index in [0.29, 0.717) is 5.56 Å². The normalized spacial score (nSPS) is 19.2. The van der Waals surface area contributed by atoms with E-state index in [4.69, 9.17) is 0 Å². The summed E-state index contributed by atoms with van der Waals surface area (Å²) in [5, 5.41) is 9.27. The van der Waals surface area contributed by atoms with Crippen molar-refractivity contribution in [3.8, 4) is 0 Å². The van der Waals surface area contributed by atoms with Crippen LogP contribution in [0.3, 0.4) is 0 Å². The Bertz CT molecular complexity index is 990. The van der Waals surface area contributed by atoms with Crippen molar-refractivity contribution in [2.45, 2.75) is 64.7 Å². The second-order valence-corrected chi connectivity index (χ2v) is 9.48. The Balaban J connectivity index is 1.85. The molecule has 0 radical (unpaired) electrons. The Morgan fingerprint density at radius 1 is 0.926 bits per heavy atom. The number of rotatable bonds is 2. The van der Waals surface area contributed by atoms with Crippen LogP contribution in [0.4, 0.5) is 0 Å². The SMILES string of the molecule is Cc1cc2c(cc1C1=CCc3cc(C(=O)O)ccc31)C(C)(C)CCC2(C)C. The zero-order valence-corrected chi connectivity index (χ0v) is 16.9. The van der Waals surface area contributed by atoms with Gasteiger partial charge in [0, 0.05) is 0 Å². The summed E-state index contributed by atoms with van der Waals surface area (Å²) in [7, 11) is 0. The van der Waals surface area contributed by atoms with Gasteiger partial charge < -0.3 is 5.11 Å². The molecule has 2 aromatic rings. The summed E-state index contributed by atoms with van der Waals surface area (Å²) >= 11 is 0. The van der Waals surface area contributed by atoms with E-state index in [9.17, 15) is 9.90 Å². The van der Waals surface area contributed by atoms with Crippen molar-refractivity contribution in [1.82, 2.24) is 0 Å². The lowest BCUT2D eigenvalue weighted by Crippen LogP contribution is -2.34. The molecule has 0 heterocycles. The minimum Gasteiger partial charge on any atom is -0.478 e. The van der Waals surface area contributed by atoms with Gasteiger partial charge in [-0.2, -0.15) is 0 Å². The molecule has 0 unspecified atom stereocenters. The van der Waals surface area contributed by atoms with Gasteiger partial charge >= 0.3 is 5.97 Å². The maximum Gasteiger partial charge on any atom is 0.335 e. The molecular formula is C25H28O2. The topological polar surface area (TPSA) is 37.3 Å². The third-order valence-electron chi connectivity index (χ3n) is 6.66. The van der Waals surface area contributed by atoms with Crippen LogP contribution in [0.2, 0.25) is 0 Å². The number of allylic oxidation sites excluding steroid dienone is 1. The largest absolute Gasteiger partial charge is 0.478 e. The molecule has 0 bridgehead atoms. The molecule has 0 aromatic heterocycles. The average Bonchev–Trinajstić information content (AvgIpc) is 3.01. The Hall–Kier alpha value is -2.35. The van der Waals surface area contributed by atoms with Gasteiger partial charge in [-0.25, -0.2) is 4.79 Å². The maximum absolute atomic E-state index is 11.3. The van der Waals surface area contributed by atoms with Crippen LogP contribution in [-0.4, -0.2) is 11.1 Å². The van der Waals surface area contributed by atoms with Gasteiger partial charge in [0.05, 0.1) is 5.56 Å². The van der Waals surface area contributed by atoms with Crippen molar-refractivity contribution in [3.63, 3.8) is 0 Å². The number of hydrogen-bond acceptors (Lipinski definition) is 1. The van der Waals surface area contributed by atoms with Crippen LogP contribution >= 0.6 is 0 Å². The summed E-state index contributed by atoms with van der Waals surface area (Å²) in [5.41, 5.74) is 9.86. The van der Waals surface area contributed by atoms with Crippen molar-refractivity contribution >= 4 is 11.5 Å². The predicted molar refractivity (Wildman–Crippen MR) is 111 cm³/mol. The molecule has 0 fully saturated rings. The summed E-state index contributed by atoms with van der Waals surface area (Å²) in [6, 6.07) is 10.3. The molecule has 1 N–H and O–H groups in total. The van der Waals surface area contributed by atoms with Crippen molar-refractivity contribution in [2.75, 3.05) is 0 Å². The quantitative estimate of drug-likeness (QED) is 0.710. The fourth-order valence-electron chi connectivity index (χ4n) is 4.75. The van der Waals surface area contributed by atoms with Gasteiger partial charge in [-0.15, -0.1) is 0 Å².